The van der Waals surface area contributed by atoms with E-state index in [-0.39, 0.29) is 0 Å². The molecule has 18 heavy (non-hydrogen) atoms. The van der Waals surface area contributed by atoms with Gasteiger partial charge in [0.2, 0.25) is 11.8 Å². The van der Waals surface area contributed by atoms with E-state index in [2.05, 4.69) is 21.8 Å². The zero-order chi connectivity index (χ0) is 12.6. The Morgan fingerprint density at radius 2 is 2.06 bits per heavy atom. The quantitative estimate of drug-likeness (QED) is 0.778. The van der Waals surface area contributed by atoms with Crippen LogP contribution in [0.15, 0.2) is 34.7 Å². The predicted octanol–water partition coefficient (Wildman–Crippen LogP) is 2.58. The van der Waals surface area contributed by atoms with E-state index in [1.54, 1.807) is 0 Å². The number of hydrogen-bond acceptors (Lipinski definition) is 5. The molecule has 0 spiro atoms. The Morgan fingerprint density at radius 3 is 2.83 bits per heavy atom. The second-order valence-electron chi connectivity index (χ2n) is 3.89. The van der Waals surface area contributed by atoms with E-state index in [1.807, 2.05) is 42.1 Å². The number of benzene rings is 1. The molecule has 2 rings (SSSR count). The number of nitrogens with zero attached hydrogens (tertiary/aromatic N) is 2. The second-order valence-corrected chi connectivity index (χ2v) is 4.88. The number of thioether (sulfide) groups is 1. The minimum atomic E-state index is 0.580. The van der Waals surface area contributed by atoms with Gasteiger partial charge in [-0.05, 0) is 37.1 Å². The molecular formula is C13H17N3OS. The predicted molar refractivity (Wildman–Crippen MR) is 74.4 cm³/mol. The SMILES string of the molecule is CSCCCNCc1nnc(-c2ccccc2)o1. The summed E-state index contributed by atoms with van der Waals surface area (Å²) in [4.78, 5) is 0. The van der Waals surface area contributed by atoms with E-state index in [4.69, 9.17) is 4.42 Å². The van der Waals surface area contributed by atoms with Crippen LogP contribution in [0.25, 0.3) is 11.5 Å². The molecule has 0 aliphatic rings. The Bertz CT molecular complexity index is 458. The van der Waals surface area contributed by atoms with Crippen molar-refractivity contribution in [2.75, 3.05) is 18.6 Å². The summed E-state index contributed by atoms with van der Waals surface area (Å²) in [6, 6.07) is 9.81. The maximum absolute atomic E-state index is 5.59. The fourth-order valence-corrected chi connectivity index (χ4v) is 1.99. The van der Waals surface area contributed by atoms with Crippen LogP contribution in [-0.2, 0) is 6.54 Å². The van der Waals surface area contributed by atoms with Crippen LogP contribution in [0, 0.1) is 0 Å². The maximum Gasteiger partial charge on any atom is 0.247 e. The third kappa shape index (κ3) is 3.85. The smallest absolute Gasteiger partial charge is 0.247 e. The van der Waals surface area contributed by atoms with Crippen molar-refractivity contribution in [3.05, 3.63) is 36.2 Å². The highest BCUT2D eigenvalue weighted by atomic mass is 32.2. The molecule has 1 N–H and O–H groups in total. The van der Waals surface area contributed by atoms with Crippen molar-refractivity contribution in [3.8, 4) is 11.5 Å². The first-order valence-electron chi connectivity index (χ1n) is 5.97. The summed E-state index contributed by atoms with van der Waals surface area (Å²) >= 11 is 1.86. The molecule has 1 aromatic heterocycles. The van der Waals surface area contributed by atoms with Gasteiger partial charge in [-0.25, -0.2) is 0 Å². The average Bonchev–Trinajstić information content (AvgIpc) is 2.88. The molecule has 5 heteroatoms. The van der Waals surface area contributed by atoms with E-state index >= 15 is 0 Å². The highest BCUT2D eigenvalue weighted by molar-refractivity contribution is 7.98. The van der Waals surface area contributed by atoms with Gasteiger partial charge in [-0.1, -0.05) is 18.2 Å². The van der Waals surface area contributed by atoms with Crippen LogP contribution in [0.1, 0.15) is 12.3 Å². The van der Waals surface area contributed by atoms with E-state index in [0.717, 1.165) is 18.5 Å². The molecule has 0 aliphatic heterocycles. The third-order valence-corrected chi connectivity index (χ3v) is 3.16. The van der Waals surface area contributed by atoms with Gasteiger partial charge in [0.1, 0.15) is 0 Å². The van der Waals surface area contributed by atoms with Crippen molar-refractivity contribution in [2.45, 2.75) is 13.0 Å². The maximum atomic E-state index is 5.59. The van der Waals surface area contributed by atoms with Crippen molar-refractivity contribution in [2.24, 2.45) is 0 Å². The molecule has 0 radical (unpaired) electrons. The molecule has 0 saturated heterocycles. The van der Waals surface area contributed by atoms with Gasteiger partial charge in [-0.15, -0.1) is 10.2 Å². The van der Waals surface area contributed by atoms with Crippen molar-refractivity contribution in [1.82, 2.24) is 15.5 Å². The molecule has 0 aliphatic carbocycles. The molecule has 0 saturated carbocycles. The Kier molecular flexibility index (Phi) is 5.23. The lowest BCUT2D eigenvalue weighted by Crippen LogP contribution is -2.15. The Balaban J connectivity index is 1.83. The van der Waals surface area contributed by atoms with E-state index in [1.165, 1.54) is 5.75 Å². The fourth-order valence-electron chi connectivity index (χ4n) is 1.56. The summed E-state index contributed by atoms with van der Waals surface area (Å²) in [6.45, 7) is 1.61. The number of hydrogen-bond donors (Lipinski definition) is 1. The molecule has 0 atom stereocenters. The molecule has 0 amide bonds. The average molecular weight is 263 g/mol. The third-order valence-electron chi connectivity index (χ3n) is 2.47. The molecule has 0 fully saturated rings. The van der Waals surface area contributed by atoms with Gasteiger partial charge >= 0.3 is 0 Å². The molecule has 0 bridgehead atoms. The van der Waals surface area contributed by atoms with Gasteiger partial charge in [0.15, 0.2) is 0 Å². The van der Waals surface area contributed by atoms with Gasteiger partial charge in [0.05, 0.1) is 6.54 Å². The molecule has 1 aromatic carbocycles. The van der Waals surface area contributed by atoms with Crippen LogP contribution >= 0.6 is 11.8 Å². The zero-order valence-electron chi connectivity index (χ0n) is 10.4. The first-order valence-corrected chi connectivity index (χ1v) is 7.37. The minimum Gasteiger partial charge on any atom is -0.419 e. The van der Waals surface area contributed by atoms with Gasteiger partial charge in [-0.3, -0.25) is 0 Å². The largest absolute Gasteiger partial charge is 0.419 e. The van der Waals surface area contributed by atoms with Crippen LogP contribution in [0.2, 0.25) is 0 Å². The lowest BCUT2D eigenvalue weighted by molar-refractivity contribution is 0.478. The normalized spacial score (nSPS) is 10.7. The summed E-state index contributed by atoms with van der Waals surface area (Å²) in [6.07, 6.45) is 3.27. The molecule has 96 valence electrons. The summed E-state index contributed by atoms with van der Waals surface area (Å²) in [5.74, 6) is 2.39. The van der Waals surface area contributed by atoms with Crippen molar-refractivity contribution in [3.63, 3.8) is 0 Å². The van der Waals surface area contributed by atoms with Crippen LogP contribution in [-0.4, -0.2) is 28.8 Å². The molecule has 4 nitrogen and oxygen atoms in total. The summed E-state index contributed by atoms with van der Waals surface area (Å²) in [5, 5.41) is 11.4. The van der Waals surface area contributed by atoms with Crippen molar-refractivity contribution in [1.29, 1.82) is 0 Å². The Morgan fingerprint density at radius 1 is 1.22 bits per heavy atom. The van der Waals surface area contributed by atoms with E-state index in [9.17, 15) is 0 Å². The zero-order valence-corrected chi connectivity index (χ0v) is 11.2. The molecule has 0 unspecified atom stereocenters. The lowest BCUT2D eigenvalue weighted by Gasteiger charge is -1.99. The Labute approximate surface area is 111 Å². The van der Waals surface area contributed by atoms with Gasteiger partial charge < -0.3 is 9.73 Å². The number of rotatable bonds is 7. The van der Waals surface area contributed by atoms with Gasteiger partial charge in [0.25, 0.3) is 0 Å². The second kappa shape index (κ2) is 7.18. The summed E-state index contributed by atoms with van der Waals surface area (Å²) in [5.41, 5.74) is 0.957. The first-order chi connectivity index (χ1) is 8.90. The minimum absolute atomic E-state index is 0.580. The van der Waals surface area contributed by atoms with E-state index in [0.29, 0.717) is 18.3 Å². The Hall–Kier alpha value is -1.33. The highest BCUT2D eigenvalue weighted by Crippen LogP contribution is 2.16. The molecular weight excluding hydrogens is 246 g/mol. The van der Waals surface area contributed by atoms with Crippen LogP contribution in [0.3, 0.4) is 0 Å². The van der Waals surface area contributed by atoms with Crippen molar-refractivity contribution >= 4 is 11.8 Å². The van der Waals surface area contributed by atoms with Gasteiger partial charge in [-0.2, -0.15) is 11.8 Å². The van der Waals surface area contributed by atoms with Crippen LogP contribution < -0.4 is 5.32 Å². The van der Waals surface area contributed by atoms with Gasteiger partial charge in [0, 0.05) is 5.56 Å². The van der Waals surface area contributed by atoms with Crippen LogP contribution in [0.4, 0.5) is 0 Å². The number of nitrogens with one attached hydrogen (secondary N) is 1. The highest BCUT2D eigenvalue weighted by Gasteiger charge is 2.06. The fraction of sp³-hybridized carbons (Fsp3) is 0.385. The summed E-state index contributed by atoms with van der Waals surface area (Å²) in [7, 11) is 0. The molecule has 1 heterocycles. The van der Waals surface area contributed by atoms with E-state index < -0.39 is 0 Å². The van der Waals surface area contributed by atoms with Crippen LogP contribution in [0.5, 0.6) is 0 Å². The standard InChI is InChI=1S/C13H17N3OS/c1-18-9-5-8-14-10-12-15-16-13(17-12)11-6-3-2-4-7-11/h2-4,6-7,14H,5,8-10H2,1H3. The molecule has 2 aromatic rings. The monoisotopic (exact) mass is 263 g/mol. The van der Waals surface area contributed by atoms with Crippen molar-refractivity contribution < 1.29 is 4.42 Å². The first kappa shape index (κ1) is 13.1. The number of aromatic nitrogens is 2. The lowest BCUT2D eigenvalue weighted by atomic mass is 10.2. The summed E-state index contributed by atoms with van der Waals surface area (Å²) < 4.78 is 5.59. The topological polar surface area (TPSA) is 51.0 Å².